The molecule has 5 nitrogen and oxygen atoms in total. The minimum atomic E-state index is -3.60. The van der Waals surface area contributed by atoms with Crippen molar-refractivity contribution in [1.29, 1.82) is 0 Å². The Morgan fingerprint density at radius 3 is 2.24 bits per heavy atom. The van der Waals surface area contributed by atoms with Crippen LogP contribution in [0.3, 0.4) is 0 Å². The first-order valence-electron chi connectivity index (χ1n) is 8.30. The van der Waals surface area contributed by atoms with E-state index in [9.17, 15) is 13.2 Å². The van der Waals surface area contributed by atoms with Crippen molar-refractivity contribution in [2.45, 2.75) is 37.1 Å². The van der Waals surface area contributed by atoms with Gasteiger partial charge in [0.2, 0.25) is 5.91 Å². The van der Waals surface area contributed by atoms with Crippen LogP contribution in [0.2, 0.25) is 0 Å². The van der Waals surface area contributed by atoms with Crippen LogP contribution in [0, 0.1) is 6.92 Å². The maximum absolute atomic E-state index is 12.7. The summed E-state index contributed by atoms with van der Waals surface area (Å²) in [6.07, 6.45) is 2.43. The molecule has 1 fully saturated rings. The molecule has 0 bridgehead atoms. The highest BCUT2D eigenvalue weighted by Gasteiger charge is 2.23. The Morgan fingerprint density at radius 1 is 1.08 bits per heavy atom. The maximum atomic E-state index is 12.7. The first-order valence-corrected chi connectivity index (χ1v) is 9.74. The van der Waals surface area contributed by atoms with E-state index in [1.807, 2.05) is 6.92 Å². The number of aryl methyl sites for hydroxylation is 1. The van der Waals surface area contributed by atoms with Gasteiger partial charge >= 0.3 is 0 Å². The Labute approximate surface area is 148 Å². The molecule has 25 heavy (non-hydrogen) atoms. The molecule has 3 rings (SSSR count). The highest BCUT2D eigenvalue weighted by Crippen LogP contribution is 2.23. The van der Waals surface area contributed by atoms with Gasteiger partial charge in [0.25, 0.3) is 10.0 Å². The fourth-order valence-corrected chi connectivity index (χ4v) is 3.72. The van der Waals surface area contributed by atoms with E-state index in [-0.39, 0.29) is 10.8 Å². The monoisotopic (exact) mass is 358 g/mol. The zero-order chi connectivity index (χ0) is 18.0. The SMILES string of the molecule is Cc1ccc(S(=O)(=O)N(C)c2ccc(CC(=O)NC3CC3)cc2)cc1. The first-order chi connectivity index (χ1) is 11.9. The van der Waals surface area contributed by atoms with Gasteiger partial charge in [-0.1, -0.05) is 29.8 Å². The molecule has 2 aromatic rings. The lowest BCUT2D eigenvalue weighted by atomic mass is 10.1. The number of sulfonamides is 1. The van der Waals surface area contributed by atoms with Crippen LogP contribution in [0.1, 0.15) is 24.0 Å². The first kappa shape index (κ1) is 17.5. The third kappa shape index (κ3) is 4.20. The van der Waals surface area contributed by atoms with E-state index in [1.54, 1.807) is 48.5 Å². The average Bonchev–Trinajstić information content (AvgIpc) is 3.39. The van der Waals surface area contributed by atoms with Gasteiger partial charge in [0.1, 0.15) is 0 Å². The second-order valence-corrected chi connectivity index (χ2v) is 8.44. The van der Waals surface area contributed by atoms with E-state index in [4.69, 9.17) is 0 Å². The Hall–Kier alpha value is -2.34. The van der Waals surface area contributed by atoms with E-state index in [0.717, 1.165) is 24.0 Å². The molecule has 1 N–H and O–H groups in total. The minimum absolute atomic E-state index is 0.0101. The highest BCUT2D eigenvalue weighted by molar-refractivity contribution is 7.92. The summed E-state index contributed by atoms with van der Waals surface area (Å²) >= 11 is 0. The van der Waals surface area contributed by atoms with Gasteiger partial charge in [-0.3, -0.25) is 9.10 Å². The van der Waals surface area contributed by atoms with Gasteiger partial charge in [-0.05, 0) is 49.6 Å². The number of rotatable bonds is 6. The number of nitrogens with one attached hydrogen (secondary N) is 1. The molecule has 1 aliphatic rings. The standard InChI is InChI=1S/C19H22N2O3S/c1-14-3-11-18(12-4-14)25(23,24)21(2)17-9-5-15(6-10-17)13-19(22)20-16-7-8-16/h3-6,9-12,16H,7-8,13H2,1-2H3,(H,20,22). The van der Waals surface area contributed by atoms with E-state index < -0.39 is 10.0 Å². The van der Waals surface area contributed by atoms with Gasteiger partial charge < -0.3 is 5.32 Å². The number of amides is 1. The Bertz CT molecular complexity index is 855. The number of anilines is 1. The fraction of sp³-hybridized carbons (Fsp3) is 0.316. The molecule has 0 aromatic heterocycles. The number of benzene rings is 2. The highest BCUT2D eigenvalue weighted by atomic mass is 32.2. The van der Waals surface area contributed by atoms with Crippen LogP contribution in [0.15, 0.2) is 53.4 Å². The molecule has 1 aliphatic carbocycles. The minimum Gasteiger partial charge on any atom is -0.353 e. The second-order valence-electron chi connectivity index (χ2n) is 6.47. The van der Waals surface area contributed by atoms with Crippen molar-refractivity contribution in [2.24, 2.45) is 0 Å². The molecule has 0 spiro atoms. The Kier molecular flexibility index (Phi) is 4.81. The molecule has 6 heteroatoms. The van der Waals surface area contributed by atoms with Gasteiger partial charge in [0, 0.05) is 13.1 Å². The van der Waals surface area contributed by atoms with Crippen LogP contribution in [0.5, 0.6) is 0 Å². The van der Waals surface area contributed by atoms with Crippen molar-refractivity contribution >= 4 is 21.6 Å². The quantitative estimate of drug-likeness (QED) is 0.863. The smallest absolute Gasteiger partial charge is 0.264 e. The summed E-state index contributed by atoms with van der Waals surface area (Å²) in [6, 6.07) is 14.2. The number of hydrogen-bond donors (Lipinski definition) is 1. The third-order valence-electron chi connectivity index (χ3n) is 4.29. The topological polar surface area (TPSA) is 66.5 Å². The average molecular weight is 358 g/mol. The van der Waals surface area contributed by atoms with Crippen LogP contribution in [-0.2, 0) is 21.2 Å². The van der Waals surface area contributed by atoms with Crippen molar-refractivity contribution in [1.82, 2.24) is 5.32 Å². The Morgan fingerprint density at radius 2 is 1.68 bits per heavy atom. The van der Waals surface area contributed by atoms with Crippen LogP contribution in [-0.4, -0.2) is 27.4 Å². The van der Waals surface area contributed by atoms with Crippen LogP contribution < -0.4 is 9.62 Å². The predicted octanol–water partition coefficient (Wildman–Crippen LogP) is 2.64. The van der Waals surface area contributed by atoms with E-state index in [2.05, 4.69) is 5.32 Å². The molecule has 0 aliphatic heterocycles. The summed E-state index contributed by atoms with van der Waals surface area (Å²) in [5.74, 6) is 0.0101. The van der Waals surface area contributed by atoms with Crippen molar-refractivity contribution in [3.8, 4) is 0 Å². The normalized spacial score (nSPS) is 14.2. The van der Waals surface area contributed by atoms with Crippen molar-refractivity contribution < 1.29 is 13.2 Å². The van der Waals surface area contributed by atoms with Crippen LogP contribution in [0.25, 0.3) is 0 Å². The zero-order valence-electron chi connectivity index (χ0n) is 14.4. The number of carbonyl (C=O) groups is 1. The van der Waals surface area contributed by atoms with E-state index in [1.165, 1.54) is 11.4 Å². The van der Waals surface area contributed by atoms with Gasteiger partial charge in [-0.2, -0.15) is 0 Å². The molecule has 0 saturated heterocycles. The summed E-state index contributed by atoms with van der Waals surface area (Å²) < 4.78 is 26.6. The van der Waals surface area contributed by atoms with Crippen LogP contribution >= 0.6 is 0 Å². The number of nitrogens with zero attached hydrogens (tertiary/aromatic N) is 1. The van der Waals surface area contributed by atoms with Gasteiger partial charge in [0.15, 0.2) is 0 Å². The summed E-state index contributed by atoms with van der Waals surface area (Å²) in [5, 5.41) is 2.94. The lowest BCUT2D eigenvalue weighted by Gasteiger charge is -2.20. The summed E-state index contributed by atoms with van der Waals surface area (Å²) in [7, 11) is -2.07. The molecule has 0 unspecified atom stereocenters. The predicted molar refractivity (Wildman–Crippen MR) is 98.1 cm³/mol. The second kappa shape index (κ2) is 6.88. The molecule has 0 atom stereocenters. The Balaban J connectivity index is 1.72. The summed E-state index contributed by atoms with van der Waals surface area (Å²) in [4.78, 5) is 12.1. The van der Waals surface area contributed by atoms with Crippen molar-refractivity contribution in [3.63, 3.8) is 0 Å². The van der Waals surface area contributed by atoms with Crippen molar-refractivity contribution in [3.05, 3.63) is 59.7 Å². The molecule has 2 aromatic carbocycles. The van der Waals surface area contributed by atoms with Crippen molar-refractivity contribution in [2.75, 3.05) is 11.4 Å². The summed E-state index contributed by atoms with van der Waals surface area (Å²) in [6.45, 7) is 1.91. The maximum Gasteiger partial charge on any atom is 0.264 e. The molecule has 0 heterocycles. The van der Waals surface area contributed by atoms with E-state index in [0.29, 0.717) is 18.2 Å². The van der Waals surface area contributed by atoms with E-state index >= 15 is 0 Å². The van der Waals surface area contributed by atoms with Crippen LogP contribution in [0.4, 0.5) is 5.69 Å². The van der Waals surface area contributed by atoms with Gasteiger partial charge in [-0.15, -0.1) is 0 Å². The number of carbonyl (C=O) groups excluding carboxylic acids is 1. The lowest BCUT2D eigenvalue weighted by molar-refractivity contribution is -0.120. The summed E-state index contributed by atoms with van der Waals surface area (Å²) in [5.41, 5.74) is 2.44. The zero-order valence-corrected chi connectivity index (χ0v) is 15.2. The molecule has 132 valence electrons. The fourth-order valence-electron chi connectivity index (χ4n) is 2.52. The molecule has 1 saturated carbocycles. The molecule has 1 amide bonds. The molecular weight excluding hydrogens is 336 g/mol. The number of hydrogen-bond acceptors (Lipinski definition) is 3. The van der Waals surface area contributed by atoms with Gasteiger partial charge in [0.05, 0.1) is 17.0 Å². The third-order valence-corrected chi connectivity index (χ3v) is 6.09. The van der Waals surface area contributed by atoms with Gasteiger partial charge in [-0.25, -0.2) is 8.42 Å². The largest absolute Gasteiger partial charge is 0.353 e. The lowest BCUT2D eigenvalue weighted by Crippen LogP contribution is -2.27. The molecular formula is C19H22N2O3S. The molecule has 0 radical (unpaired) electrons.